The SMILES string of the molecule is COC(=O)c1ccc(CN(Cc2cccnc2)C2CC(C)(C)NC(C)(C)C2)cc1.O=C(O)CC(O)(CC(=O)O)C(=O)O. The smallest absolute Gasteiger partial charge is 0.337 e. The number of rotatable bonds is 11. The highest BCUT2D eigenvalue weighted by Crippen LogP contribution is 2.33. The third-order valence-electron chi connectivity index (χ3n) is 6.84. The zero-order valence-electron chi connectivity index (χ0n) is 24.7. The molecule has 0 unspecified atom stereocenters. The molecule has 2 heterocycles. The van der Waals surface area contributed by atoms with Gasteiger partial charge in [0.1, 0.15) is 0 Å². The minimum absolute atomic E-state index is 0.0777. The van der Waals surface area contributed by atoms with Crippen molar-refractivity contribution in [2.24, 2.45) is 0 Å². The zero-order chi connectivity index (χ0) is 31.7. The Labute approximate surface area is 245 Å². The topological polar surface area (TPSA) is 187 Å². The predicted octanol–water partition coefficient (Wildman–Crippen LogP) is 2.93. The van der Waals surface area contributed by atoms with Crippen LogP contribution in [0.15, 0.2) is 48.8 Å². The van der Waals surface area contributed by atoms with Gasteiger partial charge in [-0.15, -0.1) is 0 Å². The maximum atomic E-state index is 11.7. The number of methoxy groups -OCH3 is 1. The van der Waals surface area contributed by atoms with E-state index in [9.17, 15) is 19.2 Å². The monoisotopic (exact) mass is 587 g/mol. The minimum Gasteiger partial charge on any atom is -0.481 e. The number of esters is 1. The molecule has 42 heavy (non-hydrogen) atoms. The number of carbonyl (C=O) groups excluding carboxylic acids is 1. The van der Waals surface area contributed by atoms with Gasteiger partial charge in [0.15, 0.2) is 5.60 Å². The van der Waals surface area contributed by atoms with E-state index >= 15 is 0 Å². The van der Waals surface area contributed by atoms with E-state index in [0.717, 1.165) is 25.9 Å². The molecule has 1 aromatic carbocycles. The van der Waals surface area contributed by atoms with Gasteiger partial charge in [0.25, 0.3) is 0 Å². The van der Waals surface area contributed by atoms with Crippen molar-refractivity contribution in [2.45, 2.75) is 89.2 Å². The molecule has 0 bridgehead atoms. The van der Waals surface area contributed by atoms with E-state index in [-0.39, 0.29) is 17.0 Å². The van der Waals surface area contributed by atoms with Gasteiger partial charge in [0.2, 0.25) is 0 Å². The molecule has 1 aromatic heterocycles. The van der Waals surface area contributed by atoms with Crippen LogP contribution in [0.5, 0.6) is 0 Å². The molecule has 2 aromatic rings. The summed E-state index contributed by atoms with van der Waals surface area (Å²) in [5.74, 6) is -5.32. The van der Waals surface area contributed by atoms with Gasteiger partial charge in [0, 0.05) is 42.6 Å². The Bertz CT molecular complexity index is 1200. The number of carboxylic acids is 3. The number of piperidine rings is 1. The lowest BCUT2D eigenvalue weighted by atomic mass is 9.79. The Balaban J connectivity index is 0.000000401. The number of hydrogen-bond donors (Lipinski definition) is 5. The van der Waals surface area contributed by atoms with Gasteiger partial charge in [-0.25, -0.2) is 9.59 Å². The molecule has 1 saturated heterocycles. The Hall–Kier alpha value is -3.87. The van der Waals surface area contributed by atoms with Crippen LogP contribution >= 0.6 is 0 Å². The first kappa shape index (κ1) is 34.3. The standard InChI is InChI=1S/C24H33N3O2.C6H8O7/c1-23(2)13-21(14-24(3,4)26-23)27(17-19-7-6-12-25-15-19)16-18-8-10-20(11-9-18)22(28)29-5;7-3(8)1-6(13,5(11)12)2-4(9)10/h6-12,15,21,26H,13-14,16-17H2,1-5H3;13H,1-2H2,(H,7,8)(H,9,10)(H,11,12). The summed E-state index contributed by atoms with van der Waals surface area (Å²) in [5.41, 5.74) is 0.406. The molecule has 0 radical (unpaired) electrons. The van der Waals surface area contributed by atoms with E-state index in [1.807, 2.05) is 42.7 Å². The Morgan fingerprint density at radius 3 is 1.88 bits per heavy atom. The van der Waals surface area contributed by atoms with Crippen molar-refractivity contribution in [1.82, 2.24) is 15.2 Å². The van der Waals surface area contributed by atoms with Crippen LogP contribution in [-0.4, -0.2) is 84.0 Å². The Morgan fingerprint density at radius 1 is 0.929 bits per heavy atom. The highest BCUT2D eigenvalue weighted by atomic mass is 16.5. The van der Waals surface area contributed by atoms with Crippen molar-refractivity contribution >= 4 is 23.9 Å². The quantitative estimate of drug-likeness (QED) is 0.242. The summed E-state index contributed by atoms with van der Waals surface area (Å²) in [6, 6.07) is 12.3. The van der Waals surface area contributed by atoms with Crippen molar-refractivity contribution in [2.75, 3.05) is 7.11 Å². The Kier molecular flexibility index (Phi) is 11.7. The average molecular weight is 588 g/mol. The number of benzene rings is 1. The third-order valence-corrected chi connectivity index (χ3v) is 6.84. The third kappa shape index (κ3) is 10.8. The van der Waals surface area contributed by atoms with E-state index in [0.29, 0.717) is 11.6 Å². The largest absolute Gasteiger partial charge is 0.481 e. The van der Waals surface area contributed by atoms with Crippen LogP contribution in [0.2, 0.25) is 0 Å². The number of pyridine rings is 1. The molecule has 1 fully saturated rings. The van der Waals surface area contributed by atoms with E-state index < -0.39 is 36.4 Å². The second-order valence-electron chi connectivity index (χ2n) is 11.9. The van der Waals surface area contributed by atoms with E-state index in [1.165, 1.54) is 18.2 Å². The van der Waals surface area contributed by atoms with Crippen molar-refractivity contribution in [3.8, 4) is 0 Å². The van der Waals surface area contributed by atoms with Crippen LogP contribution in [0.25, 0.3) is 0 Å². The summed E-state index contributed by atoms with van der Waals surface area (Å²) < 4.78 is 4.81. The molecule has 0 amide bonds. The molecule has 0 spiro atoms. The average Bonchev–Trinajstić information content (AvgIpc) is 2.86. The van der Waals surface area contributed by atoms with Gasteiger partial charge in [0.05, 0.1) is 25.5 Å². The summed E-state index contributed by atoms with van der Waals surface area (Å²) in [6.07, 6.45) is 3.64. The summed E-state index contributed by atoms with van der Waals surface area (Å²) in [7, 11) is 1.41. The second kappa shape index (κ2) is 14.3. The maximum absolute atomic E-state index is 11.7. The first-order valence-electron chi connectivity index (χ1n) is 13.4. The molecular weight excluding hydrogens is 546 g/mol. The first-order chi connectivity index (χ1) is 19.4. The molecule has 0 aliphatic carbocycles. The van der Waals surface area contributed by atoms with Gasteiger partial charge in [-0.3, -0.25) is 19.5 Å². The fourth-order valence-electron chi connectivity index (χ4n) is 5.38. The van der Waals surface area contributed by atoms with E-state index in [2.05, 4.69) is 49.0 Å². The van der Waals surface area contributed by atoms with Crippen molar-refractivity contribution in [3.05, 3.63) is 65.5 Å². The first-order valence-corrected chi connectivity index (χ1v) is 13.4. The molecule has 0 saturated carbocycles. The summed E-state index contributed by atoms with van der Waals surface area (Å²) >= 11 is 0. The molecular formula is C30H41N3O9. The lowest BCUT2D eigenvalue weighted by Crippen LogP contribution is -2.62. The number of ether oxygens (including phenoxy) is 1. The highest BCUT2D eigenvalue weighted by Gasteiger charge is 2.41. The molecule has 1 aliphatic rings. The summed E-state index contributed by atoms with van der Waals surface area (Å²) in [5, 5.41) is 37.6. The van der Waals surface area contributed by atoms with Crippen molar-refractivity contribution in [1.29, 1.82) is 0 Å². The number of aliphatic carboxylic acids is 3. The maximum Gasteiger partial charge on any atom is 0.337 e. The van der Waals surface area contributed by atoms with Crippen LogP contribution < -0.4 is 5.32 Å². The molecule has 0 atom stereocenters. The zero-order valence-corrected chi connectivity index (χ0v) is 24.7. The van der Waals surface area contributed by atoms with Crippen LogP contribution in [0.3, 0.4) is 0 Å². The number of nitrogens with one attached hydrogen (secondary N) is 1. The summed E-state index contributed by atoms with van der Waals surface area (Å²) in [6.45, 7) is 10.8. The highest BCUT2D eigenvalue weighted by molar-refractivity contribution is 5.89. The molecule has 3 rings (SSSR count). The van der Waals surface area contributed by atoms with Gasteiger partial charge < -0.3 is 30.5 Å². The van der Waals surface area contributed by atoms with Crippen molar-refractivity contribution < 1.29 is 44.3 Å². The van der Waals surface area contributed by atoms with Crippen LogP contribution in [0.1, 0.15) is 74.9 Å². The normalized spacial score (nSPS) is 16.2. The van der Waals surface area contributed by atoms with Gasteiger partial charge in [-0.05, 0) is 69.9 Å². The number of aromatic nitrogens is 1. The molecule has 5 N–H and O–H groups in total. The van der Waals surface area contributed by atoms with Gasteiger partial charge >= 0.3 is 23.9 Å². The molecule has 1 aliphatic heterocycles. The number of nitrogens with zero attached hydrogens (tertiary/aromatic N) is 2. The van der Waals surface area contributed by atoms with E-state index in [1.54, 1.807) is 0 Å². The number of carbonyl (C=O) groups is 4. The van der Waals surface area contributed by atoms with Gasteiger partial charge in [-0.2, -0.15) is 0 Å². The Morgan fingerprint density at radius 2 is 1.45 bits per heavy atom. The lowest BCUT2D eigenvalue weighted by molar-refractivity contribution is -0.170. The van der Waals surface area contributed by atoms with Crippen LogP contribution in [-0.2, 0) is 32.2 Å². The number of aliphatic hydroxyl groups is 1. The number of carboxylic acid groups (broad SMARTS) is 3. The van der Waals surface area contributed by atoms with Gasteiger partial charge in [-0.1, -0.05) is 18.2 Å². The van der Waals surface area contributed by atoms with Crippen LogP contribution in [0.4, 0.5) is 0 Å². The fraction of sp³-hybridized carbons (Fsp3) is 0.500. The van der Waals surface area contributed by atoms with E-state index in [4.69, 9.17) is 25.2 Å². The lowest BCUT2D eigenvalue weighted by Gasteiger charge is -2.49. The van der Waals surface area contributed by atoms with Crippen molar-refractivity contribution in [3.63, 3.8) is 0 Å². The van der Waals surface area contributed by atoms with Crippen LogP contribution in [0, 0.1) is 0 Å². The molecule has 12 nitrogen and oxygen atoms in total. The predicted molar refractivity (Wildman–Crippen MR) is 153 cm³/mol. The number of hydrogen-bond acceptors (Lipinski definition) is 9. The second-order valence-corrected chi connectivity index (χ2v) is 11.9. The molecule has 12 heteroatoms. The minimum atomic E-state index is -2.74. The summed E-state index contributed by atoms with van der Waals surface area (Å²) in [4.78, 5) is 49.1. The fourth-order valence-corrected chi connectivity index (χ4v) is 5.38. The molecule has 230 valence electrons.